The number of hydrogen-bond donors (Lipinski definition) is 1. The third-order valence-electron chi connectivity index (χ3n) is 1.37. The van der Waals surface area contributed by atoms with Crippen LogP contribution in [0, 0.1) is 0 Å². The molecule has 5 heteroatoms. The molecule has 0 radical (unpaired) electrons. The standard InChI is InChI=1S/C8H5Cl2NO2/c9-7(12)5-3-1-2-4-6(5)11-8(10)13/h1-4H,(H,11,13). The molecule has 1 aromatic carbocycles. The van der Waals surface area contributed by atoms with Gasteiger partial charge in [-0.05, 0) is 35.3 Å². The van der Waals surface area contributed by atoms with Gasteiger partial charge in [-0.15, -0.1) is 0 Å². The van der Waals surface area contributed by atoms with E-state index in [0.717, 1.165) is 0 Å². The number of carbonyl (C=O) groups excluding carboxylic acids is 2. The van der Waals surface area contributed by atoms with Crippen molar-refractivity contribution in [2.24, 2.45) is 0 Å². The Bertz CT molecular complexity index is 352. The van der Waals surface area contributed by atoms with Crippen molar-refractivity contribution in [3.05, 3.63) is 29.8 Å². The molecule has 0 aromatic heterocycles. The summed E-state index contributed by atoms with van der Waals surface area (Å²) in [5.74, 6) is 0. The van der Waals surface area contributed by atoms with Crippen molar-refractivity contribution in [1.29, 1.82) is 0 Å². The summed E-state index contributed by atoms with van der Waals surface area (Å²) in [6.07, 6.45) is 0. The van der Waals surface area contributed by atoms with Crippen molar-refractivity contribution in [2.75, 3.05) is 5.32 Å². The van der Waals surface area contributed by atoms with Gasteiger partial charge in [-0.1, -0.05) is 12.1 Å². The molecule has 0 aliphatic carbocycles. The molecule has 13 heavy (non-hydrogen) atoms. The summed E-state index contributed by atoms with van der Waals surface area (Å²) in [7, 11) is 0. The lowest BCUT2D eigenvalue weighted by molar-refractivity contribution is 0.108. The van der Waals surface area contributed by atoms with Gasteiger partial charge in [-0.3, -0.25) is 9.59 Å². The molecular formula is C8H5Cl2NO2. The van der Waals surface area contributed by atoms with Crippen LogP contribution in [0.5, 0.6) is 0 Å². The normalized spacial score (nSPS) is 9.38. The lowest BCUT2D eigenvalue weighted by Gasteiger charge is -2.03. The zero-order valence-electron chi connectivity index (χ0n) is 6.38. The Kier molecular flexibility index (Phi) is 3.28. The number of carbonyl (C=O) groups is 2. The smallest absolute Gasteiger partial charge is 0.312 e. The molecule has 0 aliphatic heterocycles. The van der Waals surface area contributed by atoms with Gasteiger partial charge in [0.15, 0.2) is 0 Å². The molecule has 0 heterocycles. The van der Waals surface area contributed by atoms with E-state index in [9.17, 15) is 9.59 Å². The first kappa shape index (κ1) is 10.0. The summed E-state index contributed by atoms with van der Waals surface area (Å²) in [5.41, 5.74) is 0.528. The van der Waals surface area contributed by atoms with Crippen molar-refractivity contribution in [2.45, 2.75) is 0 Å². The predicted molar refractivity (Wildman–Crippen MR) is 51.5 cm³/mol. The molecule has 0 spiro atoms. The van der Waals surface area contributed by atoms with E-state index in [4.69, 9.17) is 23.2 Å². The first-order valence-corrected chi connectivity index (χ1v) is 4.12. The van der Waals surface area contributed by atoms with Gasteiger partial charge in [0.05, 0.1) is 11.3 Å². The van der Waals surface area contributed by atoms with Gasteiger partial charge in [-0.2, -0.15) is 0 Å². The van der Waals surface area contributed by atoms with Gasteiger partial charge in [0.1, 0.15) is 0 Å². The minimum atomic E-state index is -0.759. The van der Waals surface area contributed by atoms with Crippen LogP contribution in [0.15, 0.2) is 24.3 Å². The van der Waals surface area contributed by atoms with Crippen LogP contribution in [0.1, 0.15) is 10.4 Å². The molecule has 0 saturated heterocycles. The Morgan fingerprint density at radius 3 is 2.31 bits per heavy atom. The number of hydrogen-bond acceptors (Lipinski definition) is 2. The average molecular weight is 218 g/mol. The molecule has 68 valence electrons. The number of rotatable bonds is 2. The van der Waals surface area contributed by atoms with Crippen LogP contribution in [0.25, 0.3) is 0 Å². The van der Waals surface area contributed by atoms with E-state index < -0.39 is 10.6 Å². The molecule has 0 atom stereocenters. The molecule has 1 amide bonds. The van der Waals surface area contributed by atoms with Crippen molar-refractivity contribution < 1.29 is 9.59 Å². The van der Waals surface area contributed by atoms with Crippen LogP contribution >= 0.6 is 23.2 Å². The van der Waals surface area contributed by atoms with Crippen molar-refractivity contribution >= 4 is 39.5 Å². The molecular weight excluding hydrogens is 213 g/mol. The van der Waals surface area contributed by atoms with Crippen LogP contribution in [0.4, 0.5) is 10.5 Å². The molecule has 3 nitrogen and oxygen atoms in total. The van der Waals surface area contributed by atoms with E-state index in [1.165, 1.54) is 12.1 Å². The lowest BCUT2D eigenvalue weighted by Crippen LogP contribution is -2.05. The SMILES string of the molecule is O=C(Cl)Nc1ccccc1C(=O)Cl. The maximum atomic E-state index is 10.8. The van der Waals surface area contributed by atoms with Crippen molar-refractivity contribution in [3.8, 4) is 0 Å². The zero-order valence-corrected chi connectivity index (χ0v) is 7.89. The van der Waals surface area contributed by atoms with Gasteiger partial charge in [-0.25, -0.2) is 0 Å². The van der Waals surface area contributed by atoms with E-state index in [-0.39, 0.29) is 5.56 Å². The highest BCUT2D eigenvalue weighted by atomic mass is 35.5. The Morgan fingerprint density at radius 2 is 1.77 bits per heavy atom. The first-order chi connectivity index (χ1) is 6.11. The molecule has 0 saturated carbocycles. The maximum Gasteiger partial charge on any atom is 0.318 e. The Hall–Kier alpha value is -1.06. The van der Waals surface area contributed by atoms with E-state index >= 15 is 0 Å². The third-order valence-corrected chi connectivity index (χ3v) is 1.67. The molecule has 0 unspecified atom stereocenters. The van der Waals surface area contributed by atoms with Crippen LogP contribution < -0.4 is 5.32 Å². The highest BCUT2D eigenvalue weighted by molar-refractivity contribution is 6.69. The number of nitrogens with one attached hydrogen (secondary N) is 1. The summed E-state index contributed by atoms with van der Waals surface area (Å²) in [5, 5.41) is 0.879. The van der Waals surface area contributed by atoms with Crippen LogP contribution in [-0.2, 0) is 0 Å². The molecule has 0 bridgehead atoms. The second kappa shape index (κ2) is 4.25. The number of para-hydroxylation sites is 1. The van der Waals surface area contributed by atoms with E-state index in [0.29, 0.717) is 5.69 Å². The highest BCUT2D eigenvalue weighted by Crippen LogP contribution is 2.17. The van der Waals surface area contributed by atoms with Crippen molar-refractivity contribution in [1.82, 2.24) is 0 Å². The monoisotopic (exact) mass is 217 g/mol. The minimum absolute atomic E-state index is 0.221. The Labute approximate surface area is 84.6 Å². The molecule has 1 rings (SSSR count). The summed E-state index contributed by atoms with van der Waals surface area (Å²) in [6, 6.07) is 6.33. The highest BCUT2D eigenvalue weighted by Gasteiger charge is 2.08. The fraction of sp³-hybridized carbons (Fsp3) is 0. The van der Waals surface area contributed by atoms with Crippen molar-refractivity contribution in [3.63, 3.8) is 0 Å². The van der Waals surface area contributed by atoms with E-state index in [2.05, 4.69) is 5.32 Å². The summed E-state index contributed by atoms with van der Waals surface area (Å²) in [4.78, 5) is 21.3. The number of amides is 1. The number of halogens is 2. The molecule has 1 aromatic rings. The quantitative estimate of drug-likeness (QED) is 0.612. The van der Waals surface area contributed by atoms with E-state index in [1.807, 2.05) is 0 Å². The van der Waals surface area contributed by atoms with Gasteiger partial charge in [0.2, 0.25) is 0 Å². The minimum Gasteiger partial charge on any atom is -0.312 e. The summed E-state index contributed by atoms with van der Waals surface area (Å²) < 4.78 is 0. The molecule has 1 N–H and O–H groups in total. The summed E-state index contributed by atoms with van der Waals surface area (Å²) in [6.45, 7) is 0. The van der Waals surface area contributed by atoms with Crippen LogP contribution in [0.3, 0.4) is 0 Å². The second-order valence-corrected chi connectivity index (χ2v) is 2.90. The zero-order chi connectivity index (χ0) is 9.84. The Morgan fingerprint density at radius 1 is 1.15 bits per heavy atom. The van der Waals surface area contributed by atoms with Gasteiger partial charge >= 0.3 is 5.37 Å². The fourth-order valence-electron chi connectivity index (χ4n) is 0.869. The molecule has 0 aliphatic rings. The largest absolute Gasteiger partial charge is 0.318 e. The topological polar surface area (TPSA) is 46.2 Å². The average Bonchev–Trinajstić information content (AvgIpc) is 2.03. The maximum absolute atomic E-state index is 10.8. The van der Waals surface area contributed by atoms with Crippen LogP contribution in [0.2, 0.25) is 0 Å². The second-order valence-electron chi connectivity index (χ2n) is 2.22. The van der Waals surface area contributed by atoms with Gasteiger partial charge in [0.25, 0.3) is 5.24 Å². The lowest BCUT2D eigenvalue weighted by atomic mass is 10.2. The van der Waals surface area contributed by atoms with E-state index in [1.54, 1.807) is 12.1 Å². The van der Waals surface area contributed by atoms with Gasteiger partial charge in [0, 0.05) is 0 Å². The Balaban J connectivity index is 3.04. The van der Waals surface area contributed by atoms with Crippen LogP contribution in [-0.4, -0.2) is 10.6 Å². The third kappa shape index (κ3) is 2.72. The fourth-order valence-corrected chi connectivity index (χ4v) is 1.14. The number of benzene rings is 1. The number of anilines is 1. The first-order valence-electron chi connectivity index (χ1n) is 3.36. The summed E-state index contributed by atoms with van der Waals surface area (Å²) >= 11 is 10.3. The predicted octanol–water partition coefficient (Wildman–Crippen LogP) is 2.84. The molecule has 0 fully saturated rings. The van der Waals surface area contributed by atoms with Gasteiger partial charge < -0.3 is 5.32 Å².